The first kappa shape index (κ1) is 8.54. The first-order valence-electron chi connectivity index (χ1n) is 3.47. The topological polar surface area (TPSA) is 23.8 Å². The van der Waals surface area contributed by atoms with Gasteiger partial charge in [-0.3, -0.25) is 0 Å². The molecule has 0 aliphatic rings. The maximum Gasteiger partial charge on any atom is 0.0994 e. The van der Waals surface area contributed by atoms with Gasteiger partial charge in [0.2, 0.25) is 0 Å². The van der Waals surface area contributed by atoms with Gasteiger partial charge in [0, 0.05) is 3.57 Å². The molecule has 0 radical (unpaired) electrons. The summed E-state index contributed by atoms with van der Waals surface area (Å²) in [6, 6.07) is 7.99. The zero-order valence-electron chi connectivity index (χ0n) is 6.26. The zero-order chi connectivity index (χ0) is 8.27. The maximum absolute atomic E-state index is 8.72. The molecule has 2 heteroatoms. The Hall–Kier alpha value is -0.560. The highest BCUT2D eigenvalue weighted by molar-refractivity contribution is 14.1. The van der Waals surface area contributed by atoms with Crippen molar-refractivity contribution in [2.24, 2.45) is 0 Å². The SMILES string of the molecule is CCc1c(I)cccc1C#N. The summed E-state index contributed by atoms with van der Waals surface area (Å²) in [6.45, 7) is 2.07. The second-order valence-electron chi connectivity index (χ2n) is 2.23. The third kappa shape index (κ3) is 1.72. The predicted octanol–water partition coefficient (Wildman–Crippen LogP) is 2.73. The molecule has 0 atom stereocenters. The van der Waals surface area contributed by atoms with Gasteiger partial charge < -0.3 is 0 Å². The van der Waals surface area contributed by atoms with Gasteiger partial charge in [-0.05, 0) is 46.7 Å². The summed E-state index contributed by atoms with van der Waals surface area (Å²) in [5.74, 6) is 0. The van der Waals surface area contributed by atoms with Gasteiger partial charge in [-0.25, -0.2) is 0 Å². The van der Waals surface area contributed by atoms with E-state index in [1.165, 1.54) is 3.57 Å². The van der Waals surface area contributed by atoms with E-state index in [2.05, 4.69) is 35.6 Å². The fourth-order valence-electron chi connectivity index (χ4n) is 1.02. The highest BCUT2D eigenvalue weighted by Crippen LogP contribution is 2.16. The lowest BCUT2D eigenvalue weighted by atomic mass is 10.1. The minimum atomic E-state index is 0.805. The van der Waals surface area contributed by atoms with Crippen molar-refractivity contribution in [1.29, 1.82) is 5.26 Å². The second-order valence-corrected chi connectivity index (χ2v) is 3.39. The fraction of sp³-hybridized carbons (Fsp3) is 0.222. The van der Waals surface area contributed by atoms with Crippen molar-refractivity contribution in [1.82, 2.24) is 0 Å². The first-order chi connectivity index (χ1) is 5.29. The van der Waals surface area contributed by atoms with Crippen LogP contribution in [0.1, 0.15) is 18.1 Å². The van der Waals surface area contributed by atoms with E-state index in [1.807, 2.05) is 18.2 Å². The van der Waals surface area contributed by atoms with Crippen LogP contribution >= 0.6 is 22.6 Å². The van der Waals surface area contributed by atoms with Crippen molar-refractivity contribution in [3.8, 4) is 6.07 Å². The summed E-state index contributed by atoms with van der Waals surface area (Å²) in [7, 11) is 0. The third-order valence-corrected chi connectivity index (χ3v) is 2.60. The van der Waals surface area contributed by atoms with Crippen LogP contribution in [0.5, 0.6) is 0 Å². The normalized spacial score (nSPS) is 9.18. The van der Waals surface area contributed by atoms with Crippen LogP contribution in [0.25, 0.3) is 0 Å². The summed E-state index contributed by atoms with van der Waals surface area (Å²) in [5.41, 5.74) is 1.97. The Morgan fingerprint density at radius 2 is 2.27 bits per heavy atom. The highest BCUT2D eigenvalue weighted by Gasteiger charge is 2.01. The van der Waals surface area contributed by atoms with E-state index >= 15 is 0 Å². The van der Waals surface area contributed by atoms with Gasteiger partial charge in [0.1, 0.15) is 0 Å². The van der Waals surface area contributed by atoms with Crippen LogP contribution in [-0.2, 0) is 6.42 Å². The molecule has 0 amide bonds. The molecule has 1 aromatic carbocycles. The Morgan fingerprint density at radius 1 is 1.55 bits per heavy atom. The molecular weight excluding hydrogens is 249 g/mol. The van der Waals surface area contributed by atoms with E-state index in [1.54, 1.807) is 0 Å². The fourth-order valence-corrected chi connectivity index (χ4v) is 1.90. The average molecular weight is 257 g/mol. The molecule has 11 heavy (non-hydrogen) atoms. The molecule has 0 aliphatic carbocycles. The van der Waals surface area contributed by atoms with Crippen LogP contribution in [0, 0.1) is 14.9 Å². The molecule has 56 valence electrons. The van der Waals surface area contributed by atoms with Crippen LogP contribution in [-0.4, -0.2) is 0 Å². The van der Waals surface area contributed by atoms with Gasteiger partial charge in [-0.15, -0.1) is 0 Å². The number of rotatable bonds is 1. The number of hydrogen-bond donors (Lipinski definition) is 0. The molecule has 0 fully saturated rings. The van der Waals surface area contributed by atoms with Gasteiger partial charge >= 0.3 is 0 Å². The number of hydrogen-bond acceptors (Lipinski definition) is 1. The van der Waals surface area contributed by atoms with Gasteiger partial charge in [-0.2, -0.15) is 5.26 Å². The second kappa shape index (κ2) is 3.72. The molecule has 0 heterocycles. The van der Waals surface area contributed by atoms with Crippen molar-refractivity contribution >= 4 is 22.6 Å². The lowest BCUT2D eigenvalue weighted by Gasteiger charge is -2.01. The Balaban J connectivity index is 3.27. The molecule has 1 aromatic rings. The number of nitrogens with zero attached hydrogens (tertiary/aromatic N) is 1. The lowest BCUT2D eigenvalue weighted by molar-refractivity contribution is 1.11. The van der Waals surface area contributed by atoms with Crippen molar-refractivity contribution < 1.29 is 0 Å². The Kier molecular flexibility index (Phi) is 2.89. The predicted molar refractivity (Wildman–Crippen MR) is 53.3 cm³/mol. The van der Waals surface area contributed by atoms with E-state index in [4.69, 9.17) is 5.26 Å². The van der Waals surface area contributed by atoms with Crippen molar-refractivity contribution in [3.63, 3.8) is 0 Å². The van der Waals surface area contributed by atoms with Crippen LogP contribution in [0.15, 0.2) is 18.2 Å². The minimum absolute atomic E-state index is 0.805. The highest BCUT2D eigenvalue weighted by atomic mass is 127. The van der Waals surface area contributed by atoms with Gasteiger partial charge in [0.15, 0.2) is 0 Å². The van der Waals surface area contributed by atoms with E-state index in [-0.39, 0.29) is 0 Å². The van der Waals surface area contributed by atoms with Crippen molar-refractivity contribution in [2.45, 2.75) is 13.3 Å². The third-order valence-electron chi connectivity index (χ3n) is 1.59. The molecule has 0 N–H and O–H groups in total. The van der Waals surface area contributed by atoms with Gasteiger partial charge in [0.05, 0.1) is 11.6 Å². The van der Waals surface area contributed by atoms with Crippen LogP contribution < -0.4 is 0 Å². The summed E-state index contributed by atoms with van der Waals surface area (Å²) < 4.78 is 1.18. The molecule has 0 bridgehead atoms. The molecule has 1 rings (SSSR count). The minimum Gasteiger partial charge on any atom is -0.192 e. The number of halogens is 1. The van der Waals surface area contributed by atoms with Gasteiger partial charge in [-0.1, -0.05) is 13.0 Å². The Labute approximate surface area is 80.2 Å². The summed E-state index contributed by atoms with van der Waals surface area (Å²) >= 11 is 2.26. The van der Waals surface area contributed by atoms with E-state index in [0.717, 1.165) is 17.5 Å². The maximum atomic E-state index is 8.72. The molecule has 0 unspecified atom stereocenters. The number of benzene rings is 1. The standard InChI is InChI=1S/C9H8IN/c1-2-8-7(6-11)4-3-5-9(8)10/h3-5H,2H2,1H3. The number of nitriles is 1. The molecule has 0 saturated heterocycles. The lowest BCUT2D eigenvalue weighted by Crippen LogP contribution is -1.90. The zero-order valence-corrected chi connectivity index (χ0v) is 8.42. The Bertz CT molecular complexity index is 299. The average Bonchev–Trinajstić information content (AvgIpc) is 2.04. The van der Waals surface area contributed by atoms with Gasteiger partial charge in [0.25, 0.3) is 0 Å². The van der Waals surface area contributed by atoms with Crippen LogP contribution in [0.3, 0.4) is 0 Å². The molecule has 0 spiro atoms. The molecule has 0 aliphatic heterocycles. The Morgan fingerprint density at radius 3 is 2.73 bits per heavy atom. The first-order valence-corrected chi connectivity index (χ1v) is 4.55. The molecule has 1 nitrogen and oxygen atoms in total. The molecule has 0 saturated carbocycles. The van der Waals surface area contributed by atoms with E-state index in [0.29, 0.717) is 0 Å². The summed E-state index contributed by atoms with van der Waals surface area (Å²) in [6.07, 6.45) is 0.933. The largest absolute Gasteiger partial charge is 0.192 e. The van der Waals surface area contributed by atoms with Crippen molar-refractivity contribution in [2.75, 3.05) is 0 Å². The van der Waals surface area contributed by atoms with Crippen LogP contribution in [0.4, 0.5) is 0 Å². The van der Waals surface area contributed by atoms with Crippen LogP contribution in [0.2, 0.25) is 0 Å². The smallest absolute Gasteiger partial charge is 0.0994 e. The summed E-state index contributed by atoms with van der Waals surface area (Å²) in [4.78, 5) is 0. The molecular formula is C9H8IN. The monoisotopic (exact) mass is 257 g/mol. The quantitative estimate of drug-likeness (QED) is 0.709. The molecule has 0 aromatic heterocycles. The van der Waals surface area contributed by atoms with Crippen molar-refractivity contribution in [3.05, 3.63) is 32.9 Å². The van der Waals surface area contributed by atoms with E-state index < -0.39 is 0 Å². The van der Waals surface area contributed by atoms with E-state index in [9.17, 15) is 0 Å². The summed E-state index contributed by atoms with van der Waals surface area (Å²) in [5, 5.41) is 8.72.